The lowest BCUT2D eigenvalue weighted by atomic mass is 10.00. The molecule has 2 aromatic heterocycles. The van der Waals surface area contributed by atoms with Crippen molar-refractivity contribution in [2.45, 2.75) is 6.92 Å². The van der Waals surface area contributed by atoms with Gasteiger partial charge in [-0.05, 0) is 24.6 Å². The van der Waals surface area contributed by atoms with Gasteiger partial charge < -0.3 is 0 Å². The lowest BCUT2D eigenvalue weighted by Crippen LogP contribution is -1.93. The van der Waals surface area contributed by atoms with Crippen molar-refractivity contribution in [1.29, 1.82) is 0 Å². The molecule has 0 spiro atoms. The van der Waals surface area contributed by atoms with Gasteiger partial charge in [-0.25, -0.2) is 4.98 Å². The Hall–Kier alpha value is -2.62. The van der Waals surface area contributed by atoms with Crippen LogP contribution in [-0.4, -0.2) is 20.2 Å². The second kappa shape index (κ2) is 3.68. The molecule has 0 fully saturated rings. The monoisotopic (exact) mass is 246 g/mol. The highest BCUT2D eigenvalue weighted by molar-refractivity contribution is 6.22. The highest BCUT2D eigenvalue weighted by Crippen LogP contribution is 2.32. The van der Waals surface area contributed by atoms with Crippen LogP contribution >= 0.6 is 0 Å². The predicted octanol–water partition coefficient (Wildman–Crippen LogP) is 3.03. The molecule has 0 saturated carbocycles. The SMILES string of the molecule is Cc1cccc2c3nncnc3c3cccnc3c12. The summed E-state index contributed by atoms with van der Waals surface area (Å²) in [5.41, 5.74) is 3.86. The summed E-state index contributed by atoms with van der Waals surface area (Å²) in [6.07, 6.45) is 3.30. The van der Waals surface area contributed by atoms with E-state index in [4.69, 9.17) is 0 Å². The summed E-state index contributed by atoms with van der Waals surface area (Å²) in [6.45, 7) is 2.09. The third-order valence-electron chi connectivity index (χ3n) is 3.45. The lowest BCUT2D eigenvalue weighted by molar-refractivity contribution is 1.03. The second-order valence-corrected chi connectivity index (χ2v) is 4.55. The molecule has 2 aromatic carbocycles. The van der Waals surface area contributed by atoms with E-state index in [1.165, 1.54) is 11.9 Å². The Balaban J connectivity index is 2.48. The smallest absolute Gasteiger partial charge is 0.138 e. The van der Waals surface area contributed by atoms with Gasteiger partial charge in [0.1, 0.15) is 17.4 Å². The average Bonchev–Trinajstić information content (AvgIpc) is 2.47. The molecule has 0 radical (unpaired) electrons. The van der Waals surface area contributed by atoms with E-state index in [2.05, 4.69) is 39.2 Å². The minimum atomic E-state index is 0.835. The number of hydrogen-bond donors (Lipinski definition) is 0. The molecular formula is C15H10N4. The maximum atomic E-state index is 4.53. The van der Waals surface area contributed by atoms with Crippen molar-refractivity contribution in [1.82, 2.24) is 20.2 Å². The van der Waals surface area contributed by atoms with Crippen LogP contribution in [0.25, 0.3) is 32.7 Å². The van der Waals surface area contributed by atoms with Gasteiger partial charge in [0.25, 0.3) is 0 Å². The third kappa shape index (κ3) is 1.34. The van der Waals surface area contributed by atoms with E-state index in [1.807, 2.05) is 24.4 Å². The van der Waals surface area contributed by atoms with E-state index >= 15 is 0 Å². The molecule has 19 heavy (non-hydrogen) atoms. The number of hydrogen-bond acceptors (Lipinski definition) is 4. The Kier molecular flexibility index (Phi) is 2.00. The van der Waals surface area contributed by atoms with Gasteiger partial charge in [0.05, 0.1) is 5.52 Å². The standard InChI is InChI=1S/C15H10N4/c1-9-4-2-5-10-12(9)13-11(6-3-7-16-13)14-15(10)19-18-8-17-14/h2-8H,1H3. The maximum Gasteiger partial charge on any atom is 0.138 e. The summed E-state index contributed by atoms with van der Waals surface area (Å²) in [6, 6.07) is 10.1. The number of benzene rings is 2. The van der Waals surface area contributed by atoms with Crippen molar-refractivity contribution in [3.63, 3.8) is 0 Å². The summed E-state index contributed by atoms with van der Waals surface area (Å²) in [4.78, 5) is 8.91. The van der Waals surface area contributed by atoms with Crippen molar-refractivity contribution in [3.8, 4) is 0 Å². The summed E-state index contributed by atoms with van der Waals surface area (Å²) >= 11 is 0. The van der Waals surface area contributed by atoms with Crippen molar-refractivity contribution < 1.29 is 0 Å². The number of pyridine rings is 1. The summed E-state index contributed by atoms with van der Waals surface area (Å²) < 4.78 is 0. The molecular weight excluding hydrogens is 236 g/mol. The molecule has 2 heterocycles. The summed E-state index contributed by atoms with van der Waals surface area (Å²) in [7, 11) is 0. The van der Waals surface area contributed by atoms with Crippen LogP contribution in [0, 0.1) is 6.92 Å². The molecule has 0 aliphatic heterocycles. The Morgan fingerprint density at radius 1 is 0.842 bits per heavy atom. The van der Waals surface area contributed by atoms with E-state index in [9.17, 15) is 0 Å². The molecule has 0 saturated heterocycles. The minimum absolute atomic E-state index is 0.835. The highest BCUT2D eigenvalue weighted by atomic mass is 15.1. The van der Waals surface area contributed by atoms with Crippen LogP contribution in [0.15, 0.2) is 42.9 Å². The van der Waals surface area contributed by atoms with Crippen LogP contribution < -0.4 is 0 Å². The van der Waals surface area contributed by atoms with Crippen LogP contribution in [0.4, 0.5) is 0 Å². The van der Waals surface area contributed by atoms with Crippen LogP contribution in [0.2, 0.25) is 0 Å². The third-order valence-corrected chi connectivity index (χ3v) is 3.45. The number of aryl methyl sites for hydroxylation is 1. The van der Waals surface area contributed by atoms with Crippen molar-refractivity contribution in [2.24, 2.45) is 0 Å². The molecule has 0 N–H and O–H groups in total. The summed E-state index contributed by atoms with van der Waals surface area (Å²) in [5, 5.41) is 11.4. The van der Waals surface area contributed by atoms with Gasteiger partial charge in [-0.3, -0.25) is 4.98 Å². The van der Waals surface area contributed by atoms with E-state index < -0.39 is 0 Å². The number of aromatic nitrogens is 4. The summed E-state index contributed by atoms with van der Waals surface area (Å²) in [5.74, 6) is 0. The Bertz CT molecular complexity index is 886. The van der Waals surface area contributed by atoms with Crippen molar-refractivity contribution >= 4 is 32.7 Å². The fourth-order valence-corrected chi connectivity index (χ4v) is 2.63. The lowest BCUT2D eigenvalue weighted by Gasteiger charge is -2.08. The van der Waals surface area contributed by atoms with E-state index in [1.54, 1.807) is 0 Å². The molecule has 4 heteroatoms. The first-order valence-electron chi connectivity index (χ1n) is 6.09. The predicted molar refractivity (Wildman–Crippen MR) is 74.9 cm³/mol. The molecule has 0 aliphatic carbocycles. The first kappa shape index (κ1) is 10.3. The molecule has 4 nitrogen and oxygen atoms in total. The second-order valence-electron chi connectivity index (χ2n) is 4.55. The number of rotatable bonds is 0. The molecule has 0 bridgehead atoms. The molecule has 90 valence electrons. The average molecular weight is 246 g/mol. The van der Waals surface area contributed by atoms with Crippen molar-refractivity contribution in [3.05, 3.63) is 48.4 Å². The van der Waals surface area contributed by atoms with Gasteiger partial charge in [0, 0.05) is 22.4 Å². The molecule has 0 amide bonds. The van der Waals surface area contributed by atoms with E-state index in [0.29, 0.717) is 0 Å². The minimum Gasteiger partial charge on any atom is -0.256 e. The van der Waals surface area contributed by atoms with E-state index in [0.717, 1.165) is 32.7 Å². The fourth-order valence-electron chi connectivity index (χ4n) is 2.63. The van der Waals surface area contributed by atoms with Gasteiger partial charge >= 0.3 is 0 Å². The van der Waals surface area contributed by atoms with Crippen LogP contribution in [-0.2, 0) is 0 Å². The van der Waals surface area contributed by atoms with Gasteiger partial charge in [-0.2, -0.15) is 0 Å². The zero-order chi connectivity index (χ0) is 12.8. The molecule has 4 rings (SSSR count). The Morgan fingerprint density at radius 2 is 1.74 bits per heavy atom. The molecule has 0 aliphatic rings. The first-order valence-corrected chi connectivity index (χ1v) is 6.09. The number of nitrogens with zero attached hydrogens (tertiary/aromatic N) is 4. The van der Waals surface area contributed by atoms with Crippen LogP contribution in [0.3, 0.4) is 0 Å². The maximum absolute atomic E-state index is 4.53. The normalized spacial score (nSPS) is 11.4. The topological polar surface area (TPSA) is 51.6 Å². The fraction of sp³-hybridized carbons (Fsp3) is 0.0667. The quantitative estimate of drug-likeness (QED) is 0.447. The highest BCUT2D eigenvalue weighted by Gasteiger charge is 2.12. The van der Waals surface area contributed by atoms with Gasteiger partial charge in [0.2, 0.25) is 0 Å². The molecule has 0 unspecified atom stereocenters. The molecule has 4 aromatic rings. The first-order chi connectivity index (χ1) is 9.36. The van der Waals surface area contributed by atoms with Gasteiger partial charge in [-0.1, -0.05) is 18.2 Å². The van der Waals surface area contributed by atoms with Crippen molar-refractivity contribution in [2.75, 3.05) is 0 Å². The van der Waals surface area contributed by atoms with Gasteiger partial charge in [-0.15, -0.1) is 10.2 Å². The largest absolute Gasteiger partial charge is 0.256 e. The van der Waals surface area contributed by atoms with Crippen LogP contribution in [0.5, 0.6) is 0 Å². The Morgan fingerprint density at radius 3 is 2.68 bits per heavy atom. The van der Waals surface area contributed by atoms with E-state index in [-0.39, 0.29) is 0 Å². The zero-order valence-corrected chi connectivity index (χ0v) is 10.3. The zero-order valence-electron chi connectivity index (χ0n) is 10.3. The molecule has 0 atom stereocenters. The van der Waals surface area contributed by atoms with Crippen LogP contribution in [0.1, 0.15) is 5.56 Å². The number of fused-ring (bicyclic) bond motifs is 6. The Labute approximate surface area is 109 Å². The van der Waals surface area contributed by atoms with Gasteiger partial charge in [0.15, 0.2) is 0 Å².